The van der Waals surface area contributed by atoms with Crippen LogP contribution >= 0.6 is 0 Å². The first-order chi connectivity index (χ1) is 11.7. The van der Waals surface area contributed by atoms with Crippen LogP contribution in [-0.2, 0) is 7.05 Å². The highest BCUT2D eigenvalue weighted by atomic mass is 16.2. The normalized spacial score (nSPS) is 23.8. The molecule has 2 fully saturated rings. The van der Waals surface area contributed by atoms with E-state index in [1.54, 1.807) is 6.20 Å². The van der Waals surface area contributed by atoms with Gasteiger partial charge in [0.25, 0.3) is 5.91 Å². The Hall–Kier alpha value is -2.10. The molecule has 1 amide bonds. The van der Waals surface area contributed by atoms with E-state index in [0.717, 1.165) is 42.2 Å². The van der Waals surface area contributed by atoms with Crippen LogP contribution < -0.4 is 0 Å². The summed E-state index contributed by atoms with van der Waals surface area (Å²) in [6.45, 7) is 1.82. The highest BCUT2D eigenvalue weighted by Gasteiger charge is 2.34. The van der Waals surface area contributed by atoms with E-state index in [-0.39, 0.29) is 5.91 Å². The molecule has 1 saturated heterocycles. The van der Waals surface area contributed by atoms with Gasteiger partial charge in [-0.25, -0.2) is 0 Å². The fourth-order valence-corrected chi connectivity index (χ4v) is 4.49. The van der Waals surface area contributed by atoms with Crippen LogP contribution in [-0.4, -0.2) is 33.7 Å². The van der Waals surface area contributed by atoms with Gasteiger partial charge in [0.2, 0.25) is 0 Å². The first-order valence-electron chi connectivity index (χ1n) is 9.10. The van der Waals surface area contributed by atoms with Crippen molar-refractivity contribution in [1.82, 2.24) is 14.7 Å². The Kier molecular flexibility index (Phi) is 4.13. The van der Waals surface area contributed by atoms with Crippen LogP contribution in [0.3, 0.4) is 0 Å². The lowest BCUT2D eigenvalue weighted by molar-refractivity contribution is 0.0521. The minimum atomic E-state index is 0.144. The van der Waals surface area contributed by atoms with Gasteiger partial charge >= 0.3 is 0 Å². The molecule has 24 heavy (non-hydrogen) atoms. The molecule has 1 aliphatic heterocycles. The molecule has 0 bridgehead atoms. The monoisotopic (exact) mass is 323 g/mol. The molecule has 0 N–H and O–H groups in total. The van der Waals surface area contributed by atoms with Gasteiger partial charge in [0.05, 0.1) is 17.5 Å². The van der Waals surface area contributed by atoms with E-state index < -0.39 is 0 Å². The molecule has 1 aromatic carbocycles. The van der Waals surface area contributed by atoms with Crippen LogP contribution in [0, 0.1) is 11.8 Å². The Morgan fingerprint density at radius 3 is 2.62 bits per heavy atom. The molecular weight excluding hydrogens is 298 g/mol. The number of benzene rings is 1. The van der Waals surface area contributed by atoms with Gasteiger partial charge in [0, 0.05) is 25.7 Å². The van der Waals surface area contributed by atoms with Crippen molar-refractivity contribution in [3.8, 4) is 11.3 Å². The number of piperidine rings is 1. The molecule has 4 nitrogen and oxygen atoms in total. The maximum Gasteiger partial charge on any atom is 0.257 e. The van der Waals surface area contributed by atoms with Crippen molar-refractivity contribution < 1.29 is 4.79 Å². The molecule has 2 atom stereocenters. The third-order valence-electron chi connectivity index (χ3n) is 5.79. The average Bonchev–Trinajstić information content (AvgIpc) is 3.03. The summed E-state index contributed by atoms with van der Waals surface area (Å²) in [7, 11) is 1.91. The van der Waals surface area contributed by atoms with Gasteiger partial charge in [-0.1, -0.05) is 49.6 Å². The summed E-state index contributed by atoms with van der Waals surface area (Å²) in [6.07, 6.45) is 8.23. The molecule has 2 aromatic rings. The molecule has 2 heterocycles. The maximum absolute atomic E-state index is 13.2. The number of nitrogens with zero attached hydrogens (tertiary/aromatic N) is 3. The van der Waals surface area contributed by atoms with Crippen molar-refractivity contribution in [1.29, 1.82) is 0 Å². The van der Waals surface area contributed by atoms with Crippen LogP contribution in [0.4, 0.5) is 0 Å². The SMILES string of the molecule is Cn1ncc(C(=O)N2CC[C@@H]3CCCC[C@H]3C2)c1-c1ccccc1. The van der Waals surface area contributed by atoms with Crippen molar-refractivity contribution in [2.75, 3.05) is 13.1 Å². The second-order valence-corrected chi connectivity index (χ2v) is 7.24. The summed E-state index contributed by atoms with van der Waals surface area (Å²) in [5, 5.41) is 4.36. The molecule has 1 saturated carbocycles. The molecule has 2 aliphatic rings. The number of likely N-dealkylation sites (tertiary alicyclic amines) is 1. The van der Waals surface area contributed by atoms with Gasteiger partial charge in [-0.05, 0) is 24.7 Å². The van der Waals surface area contributed by atoms with E-state index in [4.69, 9.17) is 0 Å². The predicted molar refractivity (Wildman–Crippen MR) is 94.6 cm³/mol. The zero-order valence-corrected chi connectivity index (χ0v) is 14.3. The summed E-state index contributed by atoms with van der Waals surface area (Å²) in [6, 6.07) is 10.1. The van der Waals surface area contributed by atoms with Crippen molar-refractivity contribution in [2.45, 2.75) is 32.1 Å². The van der Waals surface area contributed by atoms with Gasteiger partial charge in [-0.3, -0.25) is 9.48 Å². The van der Waals surface area contributed by atoms with E-state index in [0.29, 0.717) is 5.92 Å². The number of aromatic nitrogens is 2. The number of fused-ring (bicyclic) bond motifs is 1. The lowest BCUT2D eigenvalue weighted by atomic mass is 9.75. The van der Waals surface area contributed by atoms with Gasteiger partial charge in [0.1, 0.15) is 0 Å². The van der Waals surface area contributed by atoms with Gasteiger partial charge in [0.15, 0.2) is 0 Å². The quantitative estimate of drug-likeness (QED) is 0.844. The Morgan fingerprint density at radius 2 is 1.83 bits per heavy atom. The fraction of sp³-hybridized carbons (Fsp3) is 0.500. The third-order valence-corrected chi connectivity index (χ3v) is 5.79. The van der Waals surface area contributed by atoms with E-state index in [1.807, 2.05) is 42.1 Å². The number of carbonyl (C=O) groups is 1. The van der Waals surface area contributed by atoms with Gasteiger partial charge in [-0.2, -0.15) is 5.10 Å². The van der Waals surface area contributed by atoms with Crippen molar-refractivity contribution in [3.05, 3.63) is 42.1 Å². The van der Waals surface area contributed by atoms with Crippen LogP contribution in [0.5, 0.6) is 0 Å². The standard InChI is InChI=1S/C20H25N3O/c1-22-19(16-8-3-2-4-9-16)18(13-21-22)20(24)23-12-11-15-7-5-6-10-17(15)14-23/h2-4,8-9,13,15,17H,5-7,10-12,14H2,1H3/t15-,17-/m0/s1. The number of aryl methyl sites for hydroxylation is 1. The Labute approximate surface area is 143 Å². The predicted octanol–water partition coefficient (Wildman–Crippen LogP) is 3.74. The molecular formula is C20H25N3O. The zero-order chi connectivity index (χ0) is 16.5. The first-order valence-corrected chi connectivity index (χ1v) is 9.10. The molecule has 0 unspecified atom stereocenters. The lowest BCUT2D eigenvalue weighted by Crippen LogP contribution is -2.44. The summed E-state index contributed by atoms with van der Waals surface area (Å²) in [4.78, 5) is 15.2. The van der Waals surface area contributed by atoms with Gasteiger partial charge in [-0.15, -0.1) is 0 Å². The summed E-state index contributed by atoms with van der Waals surface area (Å²) in [5.74, 6) is 1.68. The summed E-state index contributed by atoms with van der Waals surface area (Å²) < 4.78 is 1.82. The Morgan fingerprint density at radius 1 is 1.08 bits per heavy atom. The molecule has 126 valence electrons. The number of hydrogen-bond acceptors (Lipinski definition) is 2. The number of amides is 1. The van der Waals surface area contributed by atoms with E-state index in [9.17, 15) is 4.79 Å². The minimum Gasteiger partial charge on any atom is -0.338 e. The van der Waals surface area contributed by atoms with Crippen LogP contribution in [0.15, 0.2) is 36.5 Å². The van der Waals surface area contributed by atoms with Gasteiger partial charge < -0.3 is 4.90 Å². The zero-order valence-electron chi connectivity index (χ0n) is 14.3. The summed E-state index contributed by atoms with van der Waals surface area (Å²) in [5.41, 5.74) is 2.71. The van der Waals surface area contributed by atoms with Crippen molar-refractivity contribution in [2.24, 2.45) is 18.9 Å². The molecule has 4 heteroatoms. The molecule has 1 aromatic heterocycles. The maximum atomic E-state index is 13.2. The Bertz CT molecular complexity index is 722. The summed E-state index contributed by atoms with van der Waals surface area (Å²) >= 11 is 0. The minimum absolute atomic E-state index is 0.144. The fourth-order valence-electron chi connectivity index (χ4n) is 4.49. The van der Waals surface area contributed by atoms with Crippen LogP contribution in [0.1, 0.15) is 42.5 Å². The molecule has 4 rings (SSSR count). The van der Waals surface area contributed by atoms with E-state index in [2.05, 4.69) is 10.00 Å². The highest BCUT2D eigenvalue weighted by Crippen LogP contribution is 2.37. The number of hydrogen-bond donors (Lipinski definition) is 0. The lowest BCUT2D eigenvalue weighted by Gasteiger charge is -2.41. The molecule has 1 aliphatic carbocycles. The topological polar surface area (TPSA) is 38.1 Å². The highest BCUT2D eigenvalue weighted by molar-refractivity contribution is 6.00. The number of rotatable bonds is 2. The average molecular weight is 323 g/mol. The van der Waals surface area contributed by atoms with Crippen molar-refractivity contribution in [3.63, 3.8) is 0 Å². The molecule has 0 spiro atoms. The van der Waals surface area contributed by atoms with Crippen LogP contribution in [0.2, 0.25) is 0 Å². The number of carbonyl (C=O) groups excluding carboxylic acids is 1. The van der Waals surface area contributed by atoms with Crippen molar-refractivity contribution >= 4 is 5.91 Å². The smallest absolute Gasteiger partial charge is 0.257 e. The third kappa shape index (κ3) is 2.74. The molecule has 0 radical (unpaired) electrons. The van der Waals surface area contributed by atoms with Crippen LogP contribution in [0.25, 0.3) is 11.3 Å². The second-order valence-electron chi connectivity index (χ2n) is 7.24. The van der Waals surface area contributed by atoms with E-state index in [1.165, 1.54) is 25.7 Å². The second kappa shape index (κ2) is 6.42. The Balaban J connectivity index is 1.59. The van der Waals surface area contributed by atoms with E-state index >= 15 is 0 Å². The largest absolute Gasteiger partial charge is 0.338 e. The first kappa shape index (κ1) is 15.4.